The van der Waals surface area contributed by atoms with Gasteiger partial charge in [0.15, 0.2) is 5.16 Å². The SMILES string of the molecule is CNC(=O)Cc1cc(=O)[nH]c(SCC(=O)Nc2ccc(F)cc2F)n1. The number of hydrogen-bond donors (Lipinski definition) is 3. The Kier molecular flexibility index (Phi) is 6.23. The number of halogens is 2. The molecule has 0 saturated carbocycles. The highest BCUT2D eigenvalue weighted by Gasteiger charge is 2.11. The Morgan fingerprint density at radius 1 is 1.24 bits per heavy atom. The summed E-state index contributed by atoms with van der Waals surface area (Å²) in [6.07, 6.45) is -0.0685. The average molecular weight is 368 g/mol. The number of likely N-dealkylation sites (N-methyl/N-ethyl adjacent to an activating group) is 1. The van der Waals surface area contributed by atoms with Gasteiger partial charge >= 0.3 is 0 Å². The van der Waals surface area contributed by atoms with Gasteiger partial charge in [0.1, 0.15) is 11.6 Å². The van der Waals surface area contributed by atoms with Gasteiger partial charge < -0.3 is 15.6 Å². The number of benzene rings is 1. The lowest BCUT2D eigenvalue weighted by Gasteiger charge is -2.07. The molecule has 0 spiro atoms. The van der Waals surface area contributed by atoms with Crippen LogP contribution in [0.25, 0.3) is 0 Å². The fraction of sp³-hybridized carbons (Fsp3) is 0.200. The maximum absolute atomic E-state index is 13.5. The largest absolute Gasteiger partial charge is 0.359 e. The van der Waals surface area contributed by atoms with E-state index in [9.17, 15) is 23.2 Å². The fourth-order valence-corrected chi connectivity index (χ4v) is 2.50. The second kappa shape index (κ2) is 8.38. The molecular weight excluding hydrogens is 354 g/mol. The van der Waals surface area contributed by atoms with Crippen LogP contribution < -0.4 is 16.2 Å². The molecule has 0 aliphatic rings. The van der Waals surface area contributed by atoms with E-state index in [0.29, 0.717) is 6.07 Å². The number of carbonyl (C=O) groups is 2. The van der Waals surface area contributed by atoms with E-state index >= 15 is 0 Å². The van der Waals surface area contributed by atoms with Gasteiger partial charge in [0, 0.05) is 19.2 Å². The van der Waals surface area contributed by atoms with E-state index < -0.39 is 23.1 Å². The highest BCUT2D eigenvalue weighted by Crippen LogP contribution is 2.17. The Bertz CT molecular complexity index is 857. The Morgan fingerprint density at radius 2 is 2.00 bits per heavy atom. The van der Waals surface area contributed by atoms with Crippen molar-refractivity contribution in [2.75, 3.05) is 18.1 Å². The number of amides is 2. The van der Waals surface area contributed by atoms with Crippen molar-refractivity contribution < 1.29 is 18.4 Å². The van der Waals surface area contributed by atoms with Crippen LogP contribution in [-0.2, 0) is 16.0 Å². The van der Waals surface area contributed by atoms with Crippen molar-refractivity contribution >= 4 is 29.3 Å². The standard InChI is InChI=1S/C15H14F2N4O3S/c1-18-12(22)5-9-6-13(23)21-15(19-9)25-7-14(24)20-11-3-2-8(16)4-10(11)17/h2-4,6H,5,7H2,1H3,(H,18,22)(H,20,24)(H,19,21,23). The molecule has 0 unspecified atom stereocenters. The third-order valence-corrected chi connectivity index (χ3v) is 3.81. The normalized spacial score (nSPS) is 10.4. The summed E-state index contributed by atoms with van der Waals surface area (Å²) in [4.78, 5) is 41.3. The molecule has 0 aliphatic heterocycles. The van der Waals surface area contributed by atoms with Crippen molar-refractivity contribution in [3.63, 3.8) is 0 Å². The Balaban J connectivity index is 1.99. The van der Waals surface area contributed by atoms with Crippen LogP contribution in [0.2, 0.25) is 0 Å². The maximum Gasteiger partial charge on any atom is 0.251 e. The summed E-state index contributed by atoms with van der Waals surface area (Å²) in [5.74, 6) is -2.67. The molecule has 0 fully saturated rings. The topological polar surface area (TPSA) is 104 Å². The van der Waals surface area contributed by atoms with E-state index in [1.807, 2.05) is 0 Å². The molecule has 0 saturated heterocycles. The van der Waals surface area contributed by atoms with Gasteiger partial charge in [0.25, 0.3) is 5.56 Å². The summed E-state index contributed by atoms with van der Waals surface area (Å²) in [6, 6.07) is 3.97. The van der Waals surface area contributed by atoms with Crippen LogP contribution in [0.3, 0.4) is 0 Å². The number of carbonyl (C=O) groups excluding carboxylic acids is 2. The molecule has 0 atom stereocenters. The first-order valence-corrected chi connectivity index (χ1v) is 8.04. The zero-order valence-corrected chi connectivity index (χ0v) is 13.9. The van der Waals surface area contributed by atoms with E-state index in [4.69, 9.17) is 0 Å². The number of anilines is 1. The monoisotopic (exact) mass is 368 g/mol. The summed E-state index contributed by atoms with van der Waals surface area (Å²) in [5, 5.41) is 4.86. The number of aromatic amines is 1. The van der Waals surface area contributed by atoms with Crippen LogP contribution in [0, 0.1) is 11.6 Å². The predicted molar refractivity (Wildman–Crippen MR) is 88.3 cm³/mol. The Hall–Kier alpha value is -2.75. The lowest BCUT2D eigenvalue weighted by molar-refractivity contribution is -0.120. The summed E-state index contributed by atoms with van der Waals surface area (Å²) in [6.45, 7) is 0. The van der Waals surface area contributed by atoms with Crippen molar-refractivity contribution in [2.45, 2.75) is 11.6 Å². The van der Waals surface area contributed by atoms with Gasteiger partial charge in [-0.05, 0) is 12.1 Å². The van der Waals surface area contributed by atoms with Gasteiger partial charge in [0.2, 0.25) is 11.8 Å². The van der Waals surface area contributed by atoms with Crippen molar-refractivity contribution in [1.29, 1.82) is 0 Å². The molecule has 132 valence electrons. The smallest absolute Gasteiger partial charge is 0.251 e. The van der Waals surface area contributed by atoms with E-state index in [2.05, 4.69) is 20.6 Å². The highest BCUT2D eigenvalue weighted by atomic mass is 32.2. The first-order chi connectivity index (χ1) is 11.9. The molecule has 0 aliphatic carbocycles. The summed E-state index contributed by atoms with van der Waals surface area (Å²) in [5.41, 5.74) is -0.348. The van der Waals surface area contributed by atoms with E-state index in [1.54, 1.807) is 0 Å². The maximum atomic E-state index is 13.5. The minimum absolute atomic E-state index is 0.0685. The first kappa shape index (κ1) is 18.6. The summed E-state index contributed by atoms with van der Waals surface area (Å²) >= 11 is 0.913. The molecule has 2 amide bonds. The molecule has 1 aromatic carbocycles. The molecule has 0 radical (unpaired) electrons. The van der Waals surface area contributed by atoms with Crippen molar-refractivity contribution in [1.82, 2.24) is 15.3 Å². The van der Waals surface area contributed by atoms with Crippen LogP contribution in [0.15, 0.2) is 34.2 Å². The van der Waals surface area contributed by atoms with Gasteiger partial charge in [-0.1, -0.05) is 11.8 Å². The first-order valence-electron chi connectivity index (χ1n) is 7.06. The fourth-order valence-electron chi connectivity index (χ4n) is 1.81. The number of nitrogens with zero attached hydrogens (tertiary/aromatic N) is 1. The number of rotatable bonds is 6. The summed E-state index contributed by atoms with van der Waals surface area (Å²) < 4.78 is 26.3. The minimum atomic E-state index is -0.891. The van der Waals surface area contributed by atoms with Crippen LogP contribution in [-0.4, -0.2) is 34.6 Å². The zero-order valence-electron chi connectivity index (χ0n) is 13.1. The number of aromatic nitrogens is 2. The molecule has 3 N–H and O–H groups in total. The second-order valence-corrected chi connectivity index (χ2v) is 5.82. The number of thioether (sulfide) groups is 1. The molecule has 1 aromatic heterocycles. The number of hydrogen-bond acceptors (Lipinski definition) is 5. The summed E-state index contributed by atoms with van der Waals surface area (Å²) in [7, 11) is 1.46. The molecular formula is C15H14F2N4O3S. The lowest BCUT2D eigenvalue weighted by Crippen LogP contribution is -2.22. The van der Waals surface area contributed by atoms with Crippen LogP contribution in [0.5, 0.6) is 0 Å². The quantitative estimate of drug-likeness (QED) is 0.523. The van der Waals surface area contributed by atoms with E-state index in [0.717, 1.165) is 23.9 Å². The van der Waals surface area contributed by atoms with Crippen molar-refractivity contribution in [3.8, 4) is 0 Å². The van der Waals surface area contributed by atoms with E-state index in [-0.39, 0.29) is 34.6 Å². The second-order valence-electron chi connectivity index (χ2n) is 4.85. The van der Waals surface area contributed by atoms with Crippen LogP contribution in [0.1, 0.15) is 5.69 Å². The van der Waals surface area contributed by atoms with Gasteiger partial charge in [0.05, 0.1) is 23.6 Å². The van der Waals surface area contributed by atoms with Crippen molar-refractivity contribution in [2.24, 2.45) is 0 Å². The Morgan fingerprint density at radius 3 is 2.68 bits per heavy atom. The van der Waals surface area contributed by atoms with Gasteiger partial charge in [-0.15, -0.1) is 0 Å². The lowest BCUT2D eigenvalue weighted by atomic mass is 10.3. The van der Waals surface area contributed by atoms with Crippen LogP contribution >= 0.6 is 11.8 Å². The third-order valence-electron chi connectivity index (χ3n) is 2.94. The molecule has 0 bridgehead atoms. The minimum Gasteiger partial charge on any atom is -0.359 e. The molecule has 2 aromatic rings. The van der Waals surface area contributed by atoms with Gasteiger partial charge in [-0.25, -0.2) is 13.8 Å². The third kappa shape index (κ3) is 5.68. The molecule has 25 heavy (non-hydrogen) atoms. The van der Waals surface area contributed by atoms with E-state index in [1.165, 1.54) is 13.1 Å². The molecule has 2 rings (SSSR count). The number of H-pyrrole nitrogens is 1. The predicted octanol–water partition coefficient (Wildman–Crippen LogP) is 1.07. The highest BCUT2D eigenvalue weighted by molar-refractivity contribution is 7.99. The Labute approximate surface area is 145 Å². The van der Waals surface area contributed by atoms with Crippen LogP contribution in [0.4, 0.5) is 14.5 Å². The van der Waals surface area contributed by atoms with Gasteiger partial charge in [-0.3, -0.25) is 14.4 Å². The zero-order chi connectivity index (χ0) is 18.4. The van der Waals surface area contributed by atoms with Gasteiger partial charge in [-0.2, -0.15) is 0 Å². The average Bonchev–Trinajstić information content (AvgIpc) is 2.55. The molecule has 10 heteroatoms. The molecule has 1 heterocycles. The molecule has 7 nitrogen and oxygen atoms in total. The number of nitrogens with one attached hydrogen (secondary N) is 3. The van der Waals surface area contributed by atoms with Crippen molar-refractivity contribution in [3.05, 3.63) is 51.9 Å².